The Labute approximate surface area is 638 Å². The molecule has 104 heavy (non-hydrogen) atoms. The van der Waals surface area contributed by atoms with Gasteiger partial charge in [0.25, 0.3) is 0 Å². The quantitative estimate of drug-likeness (QED) is 0.0222. The van der Waals surface area contributed by atoms with E-state index in [0.29, 0.717) is 25.7 Å². The lowest BCUT2D eigenvalue weighted by atomic mass is 10.0. The van der Waals surface area contributed by atoms with Crippen molar-refractivity contribution in [1.29, 1.82) is 0 Å². The summed E-state index contributed by atoms with van der Waals surface area (Å²) in [7, 11) is -9.92. The van der Waals surface area contributed by atoms with Crippen LogP contribution in [0.15, 0.2) is 0 Å². The Kier molecular flexibility index (Phi) is 76.3. The first-order valence-electron chi connectivity index (χ1n) is 44.1. The maximum Gasteiger partial charge on any atom is 0.472 e. The van der Waals surface area contributed by atoms with E-state index in [9.17, 15) is 43.2 Å². The van der Waals surface area contributed by atoms with E-state index in [1.54, 1.807) is 0 Å². The molecule has 0 bridgehead atoms. The summed E-state index contributed by atoms with van der Waals surface area (Å²) in [6.07, 6.45) is 70.9. The molecule has 0 aliphatic carbocycles. The van der Waals surface area contributed by atoms with Gasteiger partial charge < -0.3 is 33.8 Å². The highest BCUT2D eigenvalue weighted by molar-refractivity contribution is 7.47. The zero-order chi connectivity index (χ0) is 76.2. The van der Waals surface area contributed by atoms with Crippen LogP contribution in [0.1, 0.15) is 458 Å². The third-order valence-corrected chi connectivity index (χ3v) is 21.9. The van der Waals surface area contributed by atoms with Gasteiger partial charge in [0.05, 0.1) is 26.4 Å². The normalized spacial score (nSPS) is 13.8. The van der Waals surface area contributed by atoms with Gasteiger partial charge >= 0.3 is 39.5 Å². The molecular formula is C85H166O17P2. The Morgan fingerprint density at radius 1 is 0.260 bits per heavy atom. The standard InChI is InChI=1S/C85H166O17P2/c1-6-9-12-15-18-21-23-25-27-29-30-31-32-34-36-42-46-51-56-61-66-71-85(90)102-81(75-96-83(88)69-64-59-54-49-44-40-38-37-39-43-48-52-57-62-67-78(4)5)77-100-104(93,94)98-73-79(86)72-97-103(91,92)99-76-80(74-95-82(87)68-63-58-53-47-20-17-14-11-8-3)101-84(89)70-65-60-55-50-45-41-35-33-28-26-24-22-19-16-13-10-7-2/h78-81,86H,6-77H2,1-5H3,(H,91,92)(H,93,94)/t79-,80+,81+/m0/s1. The molecule has 618 valence electrons. The van der Waals surface area contributed by atoms with Crippen LogP contribution in [0, 0.1) is 5.92 Å². The van der Waals surface area contributed by atoms with Gasteiger partial charge in [0, 0.05) is 25.7 Å². The zero-order valence-corrected chi connectivity index (χ0v) is 70.0. The molecule has 5 atom stereocenters. The molecule has 0 fully saturated rings. The molecule has 0 saturated heterocycles. The molecule has 0 aromatic heterocycles. The smallest absolute Gasteiger partial charge is 0.462 e. The van der Waals surface area contributed by atoms with Crippen LogP contribution in [0.25, 0.3) is 0 Å². The van der Waals surface area contributed by atoms with Crippen LogP contribution in [0.3, 0.4) is 0 Å². The third kappa shape index (κ3) is 78.2. The fourth-order valence-corrected chi connectivity index (χ4v) is 14.9. The van der Waals surface area contributed by atoms with Gasteiger partial charge in [-0.25, -0.2) is 9.13 Å². The van der Waals surface area contributed by atoms with E-state index in [2.05, 4.69) is 34.6 Å². The summed E-state index contributed by atoms with van der Waals surface area (Å²) < 4.78 is 68.8. The van der Waals surface area contributed by atoms with Gasteiger partial charge in [0.15, 0.2) is 12.2 Å². The second kappa shape index (κ2) is 77.8. The number of ether oxygens (including phenoxy) is 4. The van der Waals surface area contributed by atoms with Crippen molar-refractivity contribution in [2.24, 2.45) is 5.92 Å². The molecule has 0 aromatic rings. The summed E-state index contributed by atoms with van der Waals surface area (Å²) in [4.78, 5) is 73.1. The predicted octanol–water partition coefficient (Wildman–Crippen LogP) is 26.0. The van der Waals surface area contributed by atoms with E-state index in [1.807, 2.05) is 0 Å². The molecule has 0 radical (unpaired) electrons. The summed E-state index contributed by atoms with van der Waals surface area (Å²) in [5, 5.41) is 10.7. The maximum absolute atomic E-state index is 13.1. The number of phosphoric ester groups is 2. The molecule has 0 aromatic carbocycles. The summed E-state index contributed by atoms with van der Waals surface area (Å²) in [6, 6.07) is 0. The lowest BCUT2D eigenvalue weighted by Crippen LogP contribution is -2.30. The lowest BCUT2D eigenvalue weighted by molar-refractivity contribution is -0.161. The summed E-state index contributed by atoms with van der Waals surface area (Å²) in [5.74, 6) is -1.30. The largest absolute Gasteiger partial charge is 0.472 e. The number of phosphoric acid groups is 2. The van der Waals surface area contributed by atoms with E-state index < -0.39 is 97.5 Å². The second-order valence-electron chi connectivity index (χ2n) is 31.1. The number of rotatable bonds is 85. The molecule has 0 spiro atoms. The Morgan fingerprint density at radius 3 is 0.654 bits per heavy atom. The van der Waals surface area contributed by atoms with Crippen molar-refractivity contribution in [1.82, 2.24) is 0 Å². The van der Waals surface area contributed by atoms with Crippen LogP contribution in [-0.2, 0) is 65.4 Å². The molecule has 0 aliphatic rings. The number of hydrogen-bond donors (Lipinski definition) is 3. The van der Waals surface area contributed by atoms with Crippen molar-refractivity contribution in [2.45, 2.75) is 477 Å². The molecule has 0 amide bonds. The molecule has 0 aliphatic heterocycles. The monoisotopic (exact) mass is 1520 g/mol. The number of aliphatic hydroxyl groups is 1. The SMILES string of the molecule is CCCCCCCCCCCCCCCCCCCCCCCC(=O)O[C@H](COC(=O)CCCCCCCCCCCCCCCCC(C)C)COP(=O)(O)OC[C@@H](O)COP(=O)(O)OC[C@@H](COC(=O)CCCCCCCCCCC)OC(=O)CCCCCCCCCCCCCCCCCCC. The lowest BCUT2D eigenvalue weighted by Gasteiger charge is -2.21. The first-order valence-corrected chi connectivity index (χ1v) is 47.1. The molecule has 0 heterocycles. The molecule has 19 heteroatoms. The number of aliphatic hydroxyl groups excluding tert-OH is 1. The van der Waals surface area contributed by atoms with Crippen LogP contribution in [-0.4, -0.2) is 96.7 Å². The molecule has 3 N–H and O–H groups in total. The van der Waals surface area contributed by atoms with Gasteiger partial charge in [-0.1, -0.05) is 407 Å². The average molecular weight is 1520 g/mol. The molecule has 2 unspecified atom stereocenters. The second-order valence-corrected chi connectivity index (χ2v) is 34.0. The average Bonchev–Trinajstić information content (AvgIpc) is 0.941. The van der Waals surface area contributed by atoms with Crippen molar-refractivity contribution < 1.29 is 80.2 Å². The van der Waals surface area contributed by atoms with Gasteiger partial charge in [-0.15, -0.1) is 0 Å². The van der Waals surface area contributed by atoms with Gasteiger partial charge in [-0.05, 0) is 31.6 Å². The predicted molar refractivity (Wildman–Crippen MR) is 428 cm³/mol. The van der Waals surface area contributed by atoms with Crippen molar-refractivity contribution in [2.75, 3.05) is 39.6 Å². The van der Waals surface area contributed by atoms with E-state index in [4.69, 9.17) is 37.0 Å². The van der Waals surface area contributed by atoms with Gasteiger partial charge in [0.2, 0.25) is 0 Å². The summed E-state index contributed by atoms with van der Waals surface area (Å²) >= 11 is 0. The zero-order valence-electron chi connectivity index (χ0n) is 68.2. The molecule has 0 rings (SSSR count). The number of unbranched alkanes of at least 4 members (excludes halogenated alkanes) is 57. The first kappa shape index (κ1) is 102. The molecule has 0 saturated carbocycles. The summed E-state index contributed by atoms with van der Waals surface area (Å²) in [5.41, 5.74) is 0. The van der Waals surface area contributed by atoms with Gasteiger partial charge in [0.1, 0.15) is 19.3 Å². The number of esters is 4. The highest BCUT2D eigenvalue weighted by atomic mass is 31.2. The van der Waals surface area contributed by atoms with Gasteiger partial charge in [-0.3, -0.25) is 37.3 Å². The minimum atomic E-state index is -4.96. The Morgan fingerprint density at radius 2 is 0.442 bits per heavy atom. The topological polar surface area (TPSA) is 237 Å². The third-order valence-electron chi connectivity index (χ3n) is 20.0. The highest BCUT2D eigenvalue weighted by Gasteiger charge is 2.30. The van der Waals surface area contributed by atoms with Crippen LogP contribution in [0.2, 0.25) is 0 Å². The molecular weight excluding hydrogens is 1350 g/mol. The Balaban J connectivity index is 5.20. The van der Waals surface area contributed by atoms with E-state index in [1.165, 1.54) is 283 Å². The van der Waals surface area contributed by atoms with Crippen LogP contribution in [0.4, 0.5) is 0 Å². The van der Waals surface area contributed by atoms with E-state index >= 15 is 0 Å². The van der Waals surface area contributed by atoms with Gasteiger partial charge in [-0.2, -0.15) is 0 Å². The summed E-state index contributed by atoms with van der Waals surface area (Å²) in [6.45, 7) is 7.37. The fraction of sp³-hybridized carbons (Fsp3) is 0.953. The van der Waals surface area contributed by atoms with Crippen LogP contribution >= 0.6 is 15.6 Å². The Bertz CT molecular complexity index is 1980. The van der Waals surface area contributed by atoms with Crippen LogP contribution < -0.4 is 0 Å². The minimum Gasteiger partial charge on any atom is -0.462 e. The van der Waals surface area contributed by atoms with E-state index in [0.717, 1.165) is 95.8 Å². The molecule has 17 nitrogen and oxygen atoms in total. The minimum absolute atomic E-state index is 0.109. The Hall–Kier alpha value is -1.94. The maximum atomic E-state index is 13.1. The first-order chi connectivity index (χ1) is 50.5. The van der Waals surface area contributed by atoms with Crippen molar-refractivity contribution in [3.8, 4) is 0 Å². The van der Waals surface area contributed by atoms with Crippen LogP contribution in [0.5, 0.6) is 0 Å². The number of carbonyl (C=O) groups excluding carboxylic acids is 4. The van der Waals surface area contributed by atoms with Crippen molar-refractivity contribution in [3.05, 3.63) is 0 Å². The fourth-order valence-electron chi connectivity index (χ4n) is 13.3. The number of hydrogen-bond acceptors (Lipinski definition) is 15. The van der Waals surface area contributed by atoms with E-state index in [-0.39, 0.29) is 25.7 Å². The van der Waals surface area contributed by atoms with Crippen molar-refractivity contribution >= 4 is 39.5 Å². The number of carbonyl (C=O) groups is 4. The van der Waals surface area contributed by atoms with Crippen molar-refractivity contribution in [3.63, 3.8) is 0 Å². The highest BCUT2D eigenvalue weighted by Crippen LogP contribution is 2.45.